The number of nitrogens with one attached hydrogen (secondary N) is 1. The lowest BCUT2D eigenvalue weighted by Gasteiger charge is -2.42. The maximum atomic E-state index is 3.45. The predicted molar refractivity (Wildman–Crippen MR) is 73.3 cm³/mol. The topological polar surface area (TPSA) is 18.5 Å². The molecule has 0 radical (unpaired) electrons. The third-order valence-electron chi connectivity index (χ3n) is 4.70. The Hall–Kier alpha value is -0.120. The van der Waals surface area contributed by atoms with E-state index >= 15 is 0 Å². The van der Waals surface area contributed by atoms with Gasteiger partial charge in [-0.05, 0) is 39.8 Å². The van der Waals surface area contributed by atoms with Gasteiger partial charge in [0.25, 0.3) is 0 Å². The maximum absolute atomic E-state index is 3.45. The van der Waals surface area contributed by atoms with E-state index in [4.69, 9.17) is 0 Å². The highest BCUT2D eigenvalue weighted by molar-refractivity contribution is 4.90. The van der Waals surface area contributed by atoms with E-state index in [0.717, 1.165) is 25.0 Å². The summed E-state index contributed by atoms with van der Waals surface area (Å²) in [4.78, 5) is 5.15. The third kappa shape index (κ3) is 3.21. The summed E-state index contributed by atoms with van der Waals surface area (Å²) in [6.45, 7) is 7.20. The summed E-state index contributed by atoms with van der Waals surface area (Å²) in [5.74, 6) is 0.926. The normalized spacial score (nSPS) is 27.5. The molecular weight excluding hydrogens is 210 g/mol. The van der Waals surface area contributed by atoms with Gasteiger partial charge in [-0.25, -0.2) is 0 Å². The van der Waals surface area contributed by atoms with Crippen molar-refractivity contribution in [3.63, 3.8) is 0 Å². The van der Waals surface area contributed by atoms with E-state index < -0.39 is 0 Å². The minimum atomic E-state index is 0.704. The van der Waals surface area contributed by atoms with Gasteiger partial charge in [-0.15, -0.1) is 0 Å². The molecule has 100 valence electrons. The molecule has 0 amide bonds. The van der Waals surface area contributed by atoms with Crippen LogP contribution in [0.25, 0.3) is 0 Å². The fraction of sp³-hybridized carbons (Fsp3) is 1.00. The summed E-state index contributed by atoms with van der Waals surface area (Å²) < 4.78 is 0. The van der Waals surface area contributed by atoms with Crippen LogP contribution in [0.3, 0.4) is 0 Å². The van der Waals surface area contributed by atoms with Crippen LogP contribution in [0, 0.1) is 5.92 Å². The van der Waals surface area contributed by atoms with Crippen molar-refractivity contribution in [3.8, 4) is 0 Å². The van der Waals surface area contributed by atoms with Crippen LogP contribution in [-0.4, -0.2) is 62.2 Å². The molecule has 1 saturated heterocycles. The van der Waals surface area contributed by atoms with Gasteiger partial charge in [0.05, 0.1) is 0 Å². The molecule has 0 aromatic rings. The minimum absolute atomic E-state index is 0.704. The zero-order valence-corrected chi connectivity index (χ0v) is 11.8. The molecule has 0 spiro atoms. The molecule has 3 nitrogen and oxygen atoms in total. The highest BCUT2D eigenvalue weighted by atomic mass is 15.3. The van der Waals surface area contributed by atoms with Crippen molar-refractivity contribution in [2.24, 2.45) is 5.92 Å². The minimum Gasteiger partial charge on any atom is -0.314 e. The van der Waals surface area contributed by atoms with E-state index in [0.29, 0.717) is 6.04 Å². The molecule has 2 fully saturated rings. The van der Waals surface area contributed by atoms with Crippen molar-refractivity contribution in [2.75, 3.05) is 40.3 Å². The van der Waals surface area contributed by atoms with E-state index in [2.05, 4.69) is 36.1 Å². The standard InChI is InChI=1S/C14H29N3/c1-12(17-10-8-15-9-11-17)14(16(2)3)13-6-4-5-7-13/h12-15H,4-11H2,1-3H3. The first-order chi connectivity index (χ1) is 8.20. The number of nitrogens with zero attached hydrogens (tertiary/aromatic N) is 2. The number of rotatable bonds is 4. The number of hydrogen-bond acceptors (Lipinski definition) is 3. The Morgan fingerprint density at radius 2 is 1.71 bits per heavy atom. The lowest BCUT2D eigenvalue weighted by Crippen LogP contribution is -2.56. The van der Waals surface area contributed by atoms with E-state index in [1.807, 2.05) is 0 Å². The molecule has 0 bridgehead atoms. The van der Waals surface area contributed by atoms with Crippen molar-refractivity contribution < 1.29 is 0 Å². The second-order valence-corrected chi connectivity index (χ2v) is 6.03. The highest BCUT2D eigenvalue weighted by Gasteiger charge is 2.33. The Balaban J connectivity index is 1.98. The average molecular weight is 239 g/mol. The maximum Gasteiger partial charge on any atom is 0.0271 e. The molecule has 1 aliphatic heterocycles. The summed E-state index contributed by atoms with van der Waals surface area (Å²) in [5, 5.41) is 3.45. The van der Waals surface area contributed by atoms with Gasteiger partial charge in [0.15, 0.2) is 0 Å². The molecule has 1 aliphatic carbocycles. The second kappa shape index (κ2) is 6.17. The molecule has 1 N–H and O–H groups in total. The first kappa shape index (κ1) is 13.3. The Morgan fingerprint density at radius 1 is 1.12 bits per heavy atom. The van der Waals surface area contributed by atoms with Crippen LogP contribution >= 0.6 is 0 Å². The van der Waals surface area contributed by atoms with Crippen LogP contribution in [0.2, 0.25) is 0 Å². The van der Waals surface area contributed by atoms with Crippen molar-refractivity contribution >= 4 is 0 Å². The smallest absolute Gasteiger partial charge is 0.0271 e. The summed E-state index contributed by atoms with van der Waals surface area (Å²) in [6, 6.07) is 1.45. The Bertz CT molecular complexity index is 218. The van der Waals surface area contributed by atoms with Crippen LogP contribution in [-0.2, 0) is 0 Å². The molecule has 2 unspecified atom stereocenters. The van der Waals surface area contributed by atoms with E-state index in [1.165, 1.54) is 38.8 Å². The Labute approximate surface area is 107 Å². The first-order valence-electron chi connectivity index (χ1n) is 7.31. The molecule has 2 rings (SSSR count). The number of piperazine rings is 1. The van der Waals surface area contributed by atoms with Gasteiger partial charge in [-0.1, -0.05) is 12.8 Å². The fourth-order valence-corrected chi connectivity index (χ4v) is 3.85. The van der Waals surface area contributed by atoms with Gasteiger partial charge in [0.1, 0.15) is 0 Å². The van der Waals surface area contributed by atoms with Crippen LogP contribution in [0.5, 0.6) is 0 Å². The van der Waals surface area contributed by atoms with Crippen LogP contribution in [0.4, 0.5) is 0 Å². The van der Waals surface area contributed by atoms with E-state index in [-0.39, 0.29) is 0 Å². The van der Waals surface area contributed by atoms with Gasteiger partial charge < -0.3 is 10.2 Å². The number of likely N-dealkylation sites (N-methyl/N-ethyl adjacent to an activating group) is 1. The monoisotopic (exact) mass is 239 g/mol. The molecule has 0 aromatic carbocycles. The summed E-state index contributed by atoms with van der Waals surface area (Å²) in [7, 11) is 4.53. The third-order valence-corrected chi connectivity index (χ3v) is 4.70. The lowest BCUT2D eigenvalue weighted by molar-refractivity contribution is 0.0733. The largest absolute Gasteiger partial charge is 0.314 e. The van der Waals surface area contributed by atoms with Gasteiger partial charge in [-0.3, -0.25) is 4.90 Å². The Kier molecular flexibility index (Phi) is 4.83. The Morgan fingerprint density at radius 3 is 2.24 bits per heavy atom. The summed E-state index contributed by atoms with van der Waals surface area (Å²) in [6.07, 6.45) is 5.78. The zero-order chi connectivity index (χ0) is 12.3. The zero-order valence-electron chi connectivity index (χ0n) is 11.8. The molecule has 2 aliphatic rings. The average Bonchev–Trinajstić information content (AvgIpc) is 2.83. The van der Waals surface area contributed by atoms with Crippen molar-refractivity contribution in [1.29, 1.82) is 0 Å². The predicted octanol–water partition coefficient (Wildman–Crippen LogP) is 1.40. The molecule has 2 atom stereocenters. The van der Waals surface area contributed by atoms with E-state index in [1.54, 1.807) is 0 Å². The second-order valence-electron chi connectivity index (χ2n) is 6.03. The van der Waals surface area contributed by atoms with Gasteiger partial charge in [0.2, 0.25) is 0 Å². The van der Waals surface area contributed by atoms with Crippen LogP contribution in [0.15, 0.2) is 0 Å². The van der Waals surface area contributed by atoms with Gasteiger partial charge in [0, 0.05) is 38.3 Å². The van der Waals surface area contributed by atoms with Crippen molar-refractivity contribution in [1.82, 2.24) is 15.1 Å². The van der Waals surface area contributed by atoms with Crippen LogP contribution < -0.4 is 5.32 Å². The highest BCUT2D eigenvalue weighted by Crippen LogP contribution is 2.32. The molecule has 1 saturated carbocycles. The quantitative estimate of drug-likeness (QED) is 0.800. The first-order valence-corrected chi connectivity index (χ1v) is 7.31. The molecular formula is C14H29N3. The molecule has 3 heteroatoms. The van der Waals surface area contributed by atoms with E-state index in [9.17, 15) is 0 Å². The van der Waals surface area contributed by atoms with Gasteiger partial charge in [-0.2, -0.15) is 0 Å². The summed E-state index contributed by atoms with van der Waals surface area (Å²) in [5.41, 5.74) is 0. The van der Waals surface area contributed by atoms with Crippen molar-refractivity contribution in [3.05, 3.63) is 0 Å². The fourth-order valence-electron chi connectivity index (χ4n) is 3.85. The number of hydrogen-bond donors (Lipinski definition) is 1. The lowest BCUT2D eigenvalue weighted by atomic mass is 9.90. The van der Waals surface area contributed by atoms with Gasteiger partial charge >= 0.3 is 0 Å². The molecule has 0 aromatic heterocycles. The van der Waals surface area contributed by atoms with Crippen LogP contribution in [0.1, 0.15) is 32.6 Å². The van der Waals surface area contributed by atoms with Crippen molar-refractivity contribution in [2.45, 2.75) is 44.7 Å². The SMILES string of the molecule is CC(C(C1CCCC1)N(C)C)N1CCNCC1. The summed E-state index contributed by atoms with van der Waals surface area (Å²) >= 11 is 0. The molecule has 17 heavy (non-hydrogen) atoms. The molecule has 1 heterocycles.